The van der Waals surface area contributed by atoms with Crippen molar-refractivity contribution >= 4 is 32.2 Å². The molecule has 1 saturated heterocycles. The molecule has 0 bridgehead atoms. The summed E-state index contributed by atoms with van der Waals surface area (Å²) < 4.78 is 25.4. The Morgan fingerprint density at radius 2 is 2.11 bits per heavy atom. The van der Waals surface area contributed by atoms with Gasteiger partial charge in [0, 0.05) is 10.6 Å². The molecule has 0 saturated carbocycles. The van der Waals surface area contributed by atoms with Crippen molar-refractivity contribution in [1.29, 1.82) is 0 Å². The Balaban J connectivity index is 1.57. The summed E-state index contributed by atoms with van der Waals surface area (Å²) in [6.07, 6.45) is 4.88. The van der Waals surface area contributed by atoms with Crippen molar-refractivity contribution in [3.63, 3.8) is 0 Å². The molecule has 27 heavy (non-hydrogen) atoms. The number of nitrogens with zero attached hydrogens (tertiary/aromatic N) is 3. The molecule has 4 rings (SSSR count). The van der Waals surface area contributed by atoms with E-state index in [0.717, 1.165) is 30.7 Å². The molecular formula is C18H24N4O3S2. The molecule has 1 aliphatic carbocycles. The van der Waals surface area contributed by atoms with E-state index in [1.807, 2.05) is 13.8 Å². The third kappa shape index (κ3) is 3.80. The highest BCUT2D eigenvalue weighted by Gasteiger charge is 2.32. The van der Waals surface area contributed by atoms with Crippen LogP contribution in [-0.2, 0) is 22.7 Å². The van der Waals surface area contributed by atoms with Crippen molar-refractivity contribution in [3.8, 4) is 0 Å². The number of rotatable bonds is 4. The number of aromatic nitrogens is 3. The summed E-state index contributed by atoms with van der Waals surface area (Å²) in [5, 5.41) is 7.97. The van der Waals surface area contributed by atoms with Gasteiger partial charge >= 0.3 is 0 Å². The minimum Gasteiger partial charge on any atom is -0.296 e. The third-order valence-electron chi connectivity index (χ3n) is 5.21. The number of amides is 1. The van der Waals surface area contributed by atoms with Crippen LogP contribution in [0.1, 0.15) is 71.8 Å². The number of nitrogens with one attached hydrogen (secondary N) is 1. The van der Waals surface area contributed by atoms with E-state index in [1.165, 1.54) is 11.3 Å². The lowest BCUT2D eigenvalue weighted by Crippen LogP contribution is -2.17. The van der Waals surface area contributed by atoms with Gasteiger partial charge in [0.25, 0.3) is 5.91 Å². The Morgan fingerprint density at radius 3 is 2.78 bits per heavy atom. The van der Waals surface area contributed by atoms with Gasteiger partial charge in [-0.15, -0.1) is 11.3 Å². The number of hydrogen-bond acceptors (Lipinski definition) is 6. The van der Waals surface area contributed by atoms with Crippen LogP contribution < -0.4 is 5.32 Å². The number of hydrogen-bond donors (Lipinski definition) is 1. The number of carbonyl (C=O) groups excluding carboxylic acids is 1. The SMILES string of the molecule is CC(C)c1cc(C(=O)Nc2nc3c(s2)CCCC3)nn1[C@H]1CCS(=O)(=O)C1. The van der Waals surface area contributed by atoms with Crippen LogP contribution in [0.2, 0.25) is 0 Å². The molecule has 146 valence electrons. The quantitative estimate of drug-likeness (QED) is 0.839. The summed E-state index contributed by atoms with van der Waals surface area (Å²) in [6, 6.07) is 1.58. The van der Waals surface area contributed by atoms with E-state index < -0.39 is 9.84 Å². The smallest absolute Gasteiger partial charge is 0.277 e. The zero-order chi connectivity index (χ0) is 19.2. The number of sulfone groups is 1. The molecule has 0 aromatic carbocycles. The van der Waals surface area contributed by atoms with Gasteiger partial charge in [-0.25, -0.2) is 13.4 Å². The molecule has 1 fully saturated rings. The first-order chi connectivity index (χ1) is 12.8. The van der Waals surface area contributed by atoms with E-state index in [0.29, 0.717) is 17.2 Å². The maximum Gasteiger partial charge on any atom is 0.277 e. The Kier molecular flexibility index (Phi) is 4.84. The second-order valence-corrected chi connectivity index (χ2v) is 11.0. The van der Waals surface area contributed by atoms with E-state index in [-0.39, 0.29) is 29.4 Å². The second-order valence-electron chi connectivity index (χ2n) is 7.66. The van der Waals surface area contributed by atoms with Crippen molar-refractivity contribution in [2.45, 2.75) is 57.9 Å². The Labute approximate surface area is 163 Å². The molecule has 0 radical (unpaired) electrons. The first kappa shape index (κ1) is 18.6. The zero-order valence-electron chi connectivity index (χ0n) is 15.6. The lowest BCUT2D eigenvalue weighted by molar-refractivity contribution is 0.102. The van der Waals surface area contributed by atoms with Gasteiger partial charge in [0.2, 0.25) is 0 Å². The van der Waals surface area contributed by atoms with Crippen molar-refractivity contribution in [3.05, 3.63) is 28.0 Å². The van der Waals surface area contributed by atoms with Crippen LogP contribution in [0, 0.1) is 0 Å². The predicted molar refractivity (Wildman–Crippen MR) is 105 cm³/mol. The van der Waals surface area contributed by atoms with Crippen LogP contribution >= 0.6 is 11.3 Å². The Morgan fingerprint density at radius 1 is 1.33 bits per heavy atom. The molecule has 2 aromatic heterocycles. The monoisotopic (exact) mass is 408 g/mol. The summed E-state index contributed by atoms with van der Waals surface area (Å²) >= 11 is 1.54. The topological polar surface area (TPSA) is 93.9 Å². The fraction of sp³-hybridized carbons (Fsp3) is 0.611. The molecule has 0 unspecified atom stereocenters. The Hall–Kier alpha value is -1.74. The number of carbonyl (C=O) groups is 1. The molecule has 1 N–H and O–H groups in total. The van der Waals surface area contributed by atoms with E-state index in [9.17, 15) is 13.2 Å². The zero-order valence-corrected chi connectivity index (χ0v) is 17.2. The first-order valence-electron chi connectivity index (χ1n) is 9.42. The van der Waals surface area contributed by atoms with Crippen LogP contribution in [0.25, 0.3) is 0 Å². The lowest BCUT2D eigenvalue weighted by Gasteiger charge is -2.15. The molecule has 3 heterocycles. The largest absolute Gasteiger partial charge is 0.296 e. The van der Waals surface area contributed by atoms with Gasteiger partial charge in [0.15, 0.2) is 20.7 Å². The van der Waals surface area contributed by atoms with Crippen LogP contribution in [-0.4, -0.2) is 40.6 Å². The highest BCUT2D eigenvalue weighted by molar-refractivity contribution is 7.91. The average molecular weight is 409 g/mol. The van der Waals surface area contributed by atoms with Crippen molar-refractivity contribution in [2.75, 3.05) is 16.8 Å². The standard InChI is InChI=1S/C18H24N4O3S2/c1-11(2)15-9-14(21-22(15)12-7-8-27(24,25)10-12)17(23)20-18-19-13-5-3-4-6-16(13)26-18/h9,11-12H,3-8,10H2,1-2H3,(H,19,20,23)/t12-/m0/s1. The Bertz CT molecular complexity index is 951. The summed E-state index contributed by atoms with van der Waals surface area (Å²) in [5.41, 5.74) is 2.31. The van der Waals surface area contributed by atoms with Crippen molar-refractivity contribution in [2.24, 2.45) is 0 Å². The maximum atomic E-state index is 12.7. The lowest BCUT2D eigenvalue weighted by atomic mass is 10.0. The van der Waals surface area contributed by atoms with Gasteiger partial charge in [-0.05, 0) is 44.1 Å². The average Bonchev–Trinajstić information content (AvgIpc) is 3.29. The summed E-state index contributed by atoms with van der Waals surface area (Å²) in [6.45, 7) is 4.04. The van der Waals surface area contributed by atoms with Gasteiger partial charge in [0.05, 0.1) is 23.2 Å². The van der Waals surface area contributed by atoms with E-state index in [4.69, 9.17) is 0 Å². The maximum absolute atomic E-state index is 12.7. The number of aryl methyl sites for hydroxylation is 2. The molecule has 2 aliphatic rings. The molecule has 2 aromatic rings. The van der Waals surface area contributed by atoms with Crippen LogP contribution in [0.3, 0.4) is 0 Å². The molecule has 1 amide bonds. The van der Waals surface area contributed by atoms with Crippen LogP contribution in [0.4, 0.5) is 5.13 Å². The number of fused-ring (bicyclic) bond motifs is 1. The molecule has 7 nitrogen and oxygen atoms in total. The molecular weight excluding hydrogens is 384 g/mol. The highest BCUT2D eigenvalue weighted by Crippen LogP contribution is 2.31. The summed E-state index contributed by atoms with van der Waals surface area (Å²) in [7, 11) is -3.02. The van der Waals surface area contributed by atoms with Crippen LogP contribution in [0.5, 0.6) is 0 Å². The second kappa shape index (κ2) is 7.01. The summed E-state index contributed by atoms with van der Waals surface area (Å²) in [4.78, 5) is 18.5. The van der Waals surface area contributed by atoms with Gasteiger partial charge in [-0.3, -0.25) is 14.8 Å². The number of anilines is 1. The number of thiazole rings is 1. The third-order valence-corrected chi connectivity index (χ3v) is 8.03. The fourth-order valence-corrected chi connectivity index (χ4v) is 6.52. The minimum atomic E-state index is -3.02. The van der Waals surface area contributed by atoms with Gasteiger partial charge in [0.1, 0.15) is 0 Å². The van der Waals surface area contributed by atoms with Gasteiger partial charge < -0.3 is 0 Å². The molecule has 0 spiro atoms. The van der Waals surface area contributed by atoms with Gasteiger partial charge in [-0.1, -0.05) is 13.8 Å². The van der Waals surface area contributed by atoms with E-state index in [2.05, 4.69) is 15.4 Å². The minimum absolute atomic E-state index is 0.0919. The van der Waals surface area contributed by atoms with Gasteiger partial charge in [-0.2, -0.15) is 5.10 Å². The van der Waals surface area contributed by atoms with Crippen LogP contribution in [0.15, 0.2) is 6.07 Å². The molecule has 1 aliphatic heterocycles. The summed E-state index contributed by atoms with van der Waals surface area (Å²) in [5.74, 6) is 0.132. The normalized spacial score (nSPS) is 21.4. The highest BCUT2D eigenvalue weighted by atomic mass is 32.2. The predicted octanol–water partition coefficient (Wildman–Crippen LogP) is 2.95. The van der Waals surface area contributed by atoms with E-state index >= 15 is 0 Å². The fourth-order valence-electron chi connectivity index (χ4n) is 3.78. The molecule has 9 heteroatoms. The first-order valence-corrected chi connectivity index (χ1v) is 12.1. The van der Waals surface area contributed by atoms with Crippen molar-refractivity contribution in [1.82, 2.24) is 14.8 Å². The molecule has 1 atom stereocenters. The van der Waals surface area contributed by atoms with Crippen molar-refractivity contribution < 1.29 is 13.2 Å². The van der Waals surface area contributed by atoms with E-state index in [1.54, 1.807) is 22.1 Å².